The molecule has 0 aliphatic carbocycles. The molecule has 2 heteroatoms. The van der Waals surface area contributed by atoms with E-state index < -0.39 is 0 Å². The summed E-state index contributed by atoms with van der Waals surface area (Å²) in [6, 6.07) is -0.0162. The van der Waals surface area contributed by atoms with Crippen molar-refractivity contribution >= 4 is 5.78 Å². The molecule has 78 valence electrons. The first kappa shape index (κ1) is 12.6. The summed E-state index contributed by atoms with van der Waals surface area (Å²) in [4.78, 5) is 11.8. The fourth-order valence-corrected chi connectivity index (χ4v) is 1.37. The molecule has 0 saturated carbocycles. The summed E-state index contributed by atoms with van der Waals surface area (Å²) in [6.45, 7) is 13.1. The Hall–Kier alpha value is -0.370. The molecule has 2 nitrogen and oxygen atoms in total. The SMILES string of the molecule is CCNC(C(=O)C(C)C)C(C)(C)C. The van der Waals surface area contributed by atoms with Gasteiger partial charge in [-0.2, -0.15) is 0 Å². The van der Waals surface area contributed by atoms with Gasteiger partial charge in [-0.3, -0.25) is 4.79 Å². The molecule has 0 aromatic carbocycles. The van der Waals surface area contributed by atoms with Gasteiger partial charge in [0.05, 0.1) is 6.04 Å². The van der Waals surface area contributed by atoms with Gasteiger partial charge in [0.1, 0.15) is 0 Å². The van der Waals surface area contributed by atoms with Crippen LogP contribution in [-0.4, -0.2) is 18.4 Å². The van der Waals surface area contributed by atoms with Crippen molar-refractivity contribution in [1.82, 2.24) is 5.32 Å². The second-order valence-electron chi connectivity index (χ2n) is 4.91. The zero-order valence-electron chi connectivity index (χ0n) is 9.77. The number of carbonyl (C=O) groups excluding carboxylic acids is 1. The summed E-state index contributed by atoms with van der Waals surface area (Å²) in [5.74, 6) is 0.428. The Morgan fingerprint density at radius 3 is 2.00 bits per heavy atom. The Morgan fingerprint density at radius 1 is 1.31 bits per heavy atom. The van der Waals surface area contributed by atoms with Crippen molar-refractivity contribution < 1.29 is 4.79 Å². The first-order chi connectivity index (χ1) is 5.80. The average molecular weight is 185 g/mol. The van der Waals surface area contributed by atoms with Crippen LogP contribution in [0.5, 0.6) is 0 Å². The summed E-state index contributed by atoms with van der Waals surface area (Å²) in [5, 5.41) is 3.25. The Bertz CT molecular complexity index is 167. The highest BCUT2D eigenvalue weighted by Gasteiger charge is 2.31. The lowest BCUT2D eigenvalue weighted by Gasteiger charge is -2.31. The van der Waals surface area contributed by atoms with Gasteiger partial charge >= 0.3 is 0 Å². The summed E-state index contributed by atoms with van der Waals surface area (Å²) in [7, 11) is 0. The second-order valence-corrected chi connectivity index (χ2v) is 4.91. The predicted octanol–water partition coefficient (Wildman–Crippen LogP) is 2.24. The van der Waals surface area contributed by atoms with Gasteiger partial charge in [-0.1, -0.05) is 41.5 Å². The number of hydrogen-bond donors (Lipinski definition) is 1. The smallest absolute Gasteiger partial charge is 0.152 e. The topological polar surface area (TPSA) is 29.1 Å². The maximum atomic E-state index is 11.8. The Labute approximate surface area is 82.1 Å². The van der Waals surface area contributed by atoms with Crippen LogP contribution in [-0.2, 0) is 4.79 Å². The van der Waals surface area contributed by atoms with Crippen LogP contribution in [0.4, 0.5) is 0 Å². The predicted molar refractivity (Wildman–Crippen MR) is 56.8 cm³/mol. The molecule has 13 heavy (non-hydrogen) atoms. The second kappa shape index (κ2) is 4.75. The van der Waals surface area contributed by atoms with Crippen LogP contribution in [0.2, 0.25) is 0 Å². The van der Waals surface area contributed by atoms with Crippen molar-refractivity contribution in [3.05, 3.63) is 0 Å². The number of likely N-dealkylation sites (N-methyl/N-ethyl adjacent to an activating group) is 1. The number of Topliss-reactive ketones (excluding diaryl/α,β-unsaturated/α-hetero) is 1. The third-order valence-corrected chi connectivity index (χ3v) is 2.13. The number of rotatable bonds is 4. The molecule has 0 rings (SSSR count). The minimum atomic E-state index is -0.0162. The molecular weight excluding hydrogens is 162 g/mol. The molecule has 1 atom stereocenters. The maximum Gasteiger partial charge on any atom is 0.152 e. The Balaban J connectivity index is 4.52. The van der Waals surface area contributed by atoms with Gasteiger partial charge in [0.25, 0.3) is 0 Å². The van der Waals surface area contributed by atoms with E-state index in [1.54, 1.807) is 0 Å². The number of ketones is 1. The van der Waals surface area contributed by atoms with Gasteiger partial charge in [0, 0.05) is 5.92 Å². The molecule has 0 aromatic heterocycles. The zero-order chi connectivity index (χ0) is 10.6. The summed E-state index contributed by atoms with van der Waals surface area (Å²) < 4.78 is 0. The highest BCUT2D eigenvalue weighted by molar-refractivity contribution is 5.86. The summed E-state index contributed by atoms with van der Waals surface area (Å²) in [5.41, 5.74) is 0.0113. The lowest BCUT2D eigenvalue weighted by molar-refractivity contribution is -0.126. The van der Waals surface area contributed by atoms with Crippen LogP contribution in [0.15, 0.2) is 0 Å². The molecule has 0 heterocycles. The molecular formula is C11H23NO. The monoisotopic (exact) mass is 185 g/mol. The lowest BCUT2D eigenvalue weighted by Crippen LogP contribution is -2.48. The Morgan fingerprint density at radius 2 is 1.77 bits per heavy atom. The third-order valence-electron chi connectivity index (χ3n) is 2.13. The van der Waals surface area contributed by atoms with Crippen molar-refractivity contribution in [2.45, 2.75) is 47.6 Å². The van der Waals surface area contributed by atoms with E-state index in [9.17, 15) is 4.79 Å². The van der Waals surface area contributed by atoms with Crippen molar-refractivity contribution in [2.75, 3.05) is 6.54 Å². The van der Waals surface area contributed by atoms with Gasteiger partial charge in [0.15, 0.2) is 5.78 Å². The largest absolute Gasteiger partial charge is 0.307 e. The lowest BCUT2D eigenvalue weighted by atomic mass is 9.81. The van der Waals surface area contributed by atoms with Crippen LogP contribution in [0.3, 0.4) is 0 Å². The van der Waals surface area contributed by atoms with Gasteiger partial charge in [-0.15, -0.1) is 0 Å². The molecule has 0 amide bonds. The van der Waals surface area contributed by atoms with Crippen LogP contribution in [0.1, 0.15) is 41.5 Å². The minimum Gasteiger partial charge on any atom is -0.307 e. The van der Waals surface area contributed by atoms with Crippen molar-refractivity contribution in [1.29, 1.82) is 0 Å². The van der Waals surface area contributed by atoms with Crippen LogP contribution < -0.4 is 5.32 Å². The van der Waals surface area contributed by atoms with Gasteiger partial charge in [0.2, 0.25) is 0 Å². The maximum absolute atomic E-state index is 11.8. The summed E-state index contributed by atoms with van der Waals surface area (Å²) in [6.07, 6.45) is 0. The van der Waals surface area contributed by atoms with Crippen molar-refractivity contribution in [3.8, 4) is 0 Å². The van der Waals surface area contributed by atoms with E-state index in [1.165, 1.54) is 0 Å². The van der Waals surface area contributed by atoms with Crippen molar-refractivity contribution in [3.63, 3.8) is 0 Å². The highest BCUT2D eigenvalue weighted by atomic mass is 16.1. The molecule has 0 bridgehead atoms. The molecule has 0 spiro atoms. The molecule has 0 fully saturated rings. The van der Waals surface area contributed by atoms with E-state index in [0.29, 0.717) is 5.78 Å². The molecule has 0 aromatic rings. The zero-order valence-corrected chi connectivity index (χ0v) is 9.77. The minimum absolute atomic E-state index is 0.0113. The quantitative estimate of drug-likeness (QED) is 0.727. The van der Waals surface area contributed by atoms with Crippen LogP contribution >= 0.6 is 0 Å². The van der Waals surface area contributed by atoms with Crippen molar-refractivity contribution in [2.24, 2.45) is 11.3 Å². The molecule has 1 N–H and O–H groups in total. The fourth-order valence-electron chi connectivity index (χ4n) is 1.37. The molecule has 0 saturated heterocycles. The van der Waals surface area contributed by atoms with E-state index in [4.69, 9.17) is 0 Å². The van der Waals surface area contributed by atoms with Crippen LogP contribution in [0, 0.1) is 11.3 Å². The molecule has 0 radical (unpaired) electrons. The van der Waals surface area contributed by atoms with E-state index >= 15 is 0 Å². The first-order valence-corrected chi connectivity index (χ1v) is 5.07. The Kier molecular flexibility index (Phi) is 4.62. The van der Waals surface area contributed by atoms with E-state index in [-0.39, 0.29) is 17.4 Å². The average Bonchev–Trinajstić information content (AvgIpc) is 1.96. The van der Waals surface area contributed by atoms with Gasteiger partial charge in [-0.05, 0) is 12.0 Å². The van der Waals surface area contributed by atoms with E-state index in [1.807, 2.05) is 20.8 Å². The van der Waals surface area contributed by atoms with Gasteiger partial charge < -0.3 is 5.32 Å². The third kappa shape index (κ3) is 3.90. The number of nitrogens with one attached hydrogen (secondary N) is 1. The van der Waals surface area contributed by atoms with Crippen LogP contribution in [0.25, 0.3) is 0 Å². The number of carbonyl (C=O) groups is 1. The fraction of sp³-hybridized carbons (Fsp3) is 0.909. The number of hydrogen-bond acceptors (Lipinski definition) is 2. The normalized spacial score (nSPS) is 14.7. The standard InChI is InChI=1S/C11H23NO/c1-7-12-10(11(4,5)6)9(13)8(2)3/h8,10,12H,7H2,1-6H3. The highest BCUT2D eigenvalue weighted by Crippen LogP contribution is 2.22. The molecule has 0 aliphatic rings. The molecule has 1 unspecified atom stereocenters. The van der Waals surface area contributed by atoms with E-state index in [2.05, 4.69) is 26.1 Å². The van der Waals surface area contributed by atoms with E-state index in [0.717, 1.165) is 6.54 Å². The van der Waals surface area contributed by atoms with Gasteiger partial charge in [-0.25, -0.2) is 0 Å². The summed E-state index contributed by atoms with van der Waals surface area (Å²) >= 11 is 0. The molecule has 0 aliphatic heterocycles. The first-order valence-electron chi connectivity index (χ1n) is 5.07.